The van der Waals surface area contributed by atoms with Crippen molar-refractivity contribution in [3.8, 4) is 0 Å². The molecule has 1 rings (SSSR count). The van der Waals surface area contributed by atoms with Crippen LogP contribution in [0.15, 0.2) is 0 Å². The molecule has 1 fully saturated rings. The number of aliphatic hydroxyl groups is 1. The van der Waals surface area contributed by atoms with Crippen LogP contribution in [-0.2, 0) is 4.74 Å². The highest BCUT2D eigenvalue weighted by Crippen LogP contribution is 2.16. The van der Waals surface area contributed by atoms with E-state index in [1.165, 1.54) is 12.8 Å². The number of ether oxygens (including phenoxy) is 1. The van der Waals surface area contributed by atoms with Crippen molar-refractivity contribution in [1.82, 2.24) is 4.90 Å². The van der Waals surface area contributed by atoms with Crippen molar-refractivity contribution in [3.63, 3.8) is 0 Å². The van der Waals surface area contributed by atoms with Gasteiger partial charge in [0.05, 0.1) is 12.7 Å². The van der Waals surface area contributed by atoms with Crippen LogP contribution in [0.25, 0.3) is 0 Å². The molecule has 90 valence electrons. The maximum absolute atomic E-state index is 9.07. The Morgan fingerprint density at radius 3 is 2.60 bits per heavy atom. The molecule has 1 saturated heterocycles. The summed E-state index contributed by atoms with van der Waals surface area (Å²) < 4.78 is 5.65. The van der Waals surface area contributed by atoms with Gasteiger partial charge in [0, 0.05) is 25.7 Å². The summed E-state index contributed by atoms with van der Waals surface area (Å²) in [4.78, 5) is 2.38. The molecule has 3 heteroatoms. The van der Waals surface area contributed by atoms with Crippen molar-refractivity contribution in [2.45, 2.75) is 51.7 Å². The smallest absolute Gasteiger partial charge is 0.0702 e. The minimum atomic E-state index is 0.253. The first-order chi connectivity index (χ1) is 7.31. The van der Waals surface area contributed by atoms with E-state index in [1.54, 1.807) is 0 Å². The summed E-state index contributed by atoms with van der Waals surface area (Å²) in [6, 6.07) is 0.598. The molecule has 0 radical (unpaired) electrons. The zero-order valence-electron chi connectivity index (χ0n) is 10.1. The largest absolute Gasteiger partial charge is 0.395 e. The molecule has 0 bridgehead atoms. The van der Waals surface area contributed by atoms with Crippen LogP contribution >= 0.6 is 0 Å². The zero-order chi connectivity index (χ0) is 11.1. The third-order valence-electron chi connectivity index (χ3n) is 3.31. The van der Waals surface area contributed by atoms with E-state index in [0.717, 1.165) is 32.5 Å². The van der Waals surface area contributed by atoms with Gasteiger partial charge in [0.2, 0.25) is 0 Å². The lowest BCUT2D eigenvalue weighted by atomic mass is 10.1. The van der Waals surface area contributed by atoms with Gasteiger partial charge in [-0.15, -0.1) is 0 Å². The van der Waals surface area contributed by atoms with Crippen LogP contribution in [0.5, 0.6) is 0 Å². The van der Waals surface area contributed by atoms with Crippen molar-refractivity contribution >= 4 is 0 Å². The van der Waals surface area contributed by atoms with E-state index in [1.807, 2.05) is 0 Å². The number of hydrogen-bond donors (Lipinski definition) is 1. The van der Waals surface area contributed by atoms with E-state index in [4.69, 9.17) is 9.84 Å². The highest BCUT2D eigenvalue weighted by molar-refractivity contribution is 4.75. The van der Waals surface area contributed by atoms with Crippen LogP contribution in [0.4, 0.5) is 0 Å². The first kappa shape index (κ1) is 12.9. The zero-order valence-corrected chi connectivity index (χ0v) is 10.1. The summed E-state index contributed by atoms with van der Waals surface area (Å²) in [6.45, 7) is 7.38. The summed E-state index contributed by atoms with van der Waals surface area (Å²) in [5.74, 6) is 0. The quantitative estimate of drug-likeness (QED) is 0.701. The maximum Gasteiger partial charge on any atom is 0.0702 e. The molecule has 1 heterocycles. The number of hydrogen-bond acceptors (Lipinski definition) is 3. The maximum atomic E-state index is 9.07. The van der Waals surface area contributed by atoms with E-state index < -0.39 is 0 Å². The second-order valence-electron chi connectivity index (χ2n) is 4.32. The van der Waals surface area contributed by atoms with Gasteiger partial charge in [0.1, 0.15) is 0 Å². The van der Waals surface area contributed by atoms with Gasteiger partial charge in [-0.2, -0.15) is 0 Å². The molecule has 0 aromatic rings. The van der Waals surface area contributed by atoms with Gasteiger partial charge >= 0.3 is 0 Å². The molecule has 1 aliphatic rings. The van der Waals surface area contributed by atoms with Gasteiger partial charge in [-0.25, -0.2) is 0 Å². The molecule has 3 nitrogen and oxygen atoms in total. The molecular weight excluding hydrogens is 190 g/mol. The Labute approximate surface area is 93.4 Å². The summed E-state index contributed by atoms with van der Waals surface area (Å²) in [5.41, 5.74) is 0. The lowest BCUT2D eigenvalue weighted by molar-refractivity contribution is 0.0469. The number of rotatable bonds is 7. The predicted octanol–water partition coefficient (Wildman–Crippen LogP) is 1.65. The SMILES string of the molecule is CCC(CC)N(CCO)CC1CCCO1. The summed E-state index contributed by atoms with van der Waals surface area (Å²) in [6.07, 6.45) is 5.09. The molecule has 0 aliphatic carbocycles. The Kier molecular flexibility index (Phi) is 6.22. The van der Waals surface area contributed by atoms with E-state index in [2.05, 4.69) is 18.7 Å². The molecule has 0 saturated carbocycles. The Morgan fingerprint density at radius 1 is 1.40 bits per heavy atom. The molecule has 0 amide bonds. The van der Waals surface area contributed by atoms with Crippen molar-refractivity contribution in [3.05, 3.63) is 0 Å². The molecule has 0 spiro atoms. The number of nitrogens with zero attached hydrogens (tertiary/aromatic N) is 1. The first-order valence-corrected chi connectivity index (χ1v) is 6.28. The van der Waals surface area contributed by atoms with E-state index in [0.29, 0.717) is 12.1 Å². The summed E-state index contributed by atoms with van der Waals surface area (Å²) >= 11 is 0. The van der Waals surface area contributed by atoms with Gasteiger partial charge in [0.25, 0.3) is 0 Å². The topological polar surface area (TPSA) is 32.7 Å². The lowest BCUT2D eigenvalue weighted by Crippen LogP contribution is -2.41. The second kappa shape index (κ2) is 7.20. The van der Waals surface area contributed by atoms with E-state index in [9.17, 15) is 0 Å². The molecule has 1 unspecified atom stereocenters. The highest BCUT2D eigenvalue weighted by Gasteiger charge is 2.22. The van der Waals surface area contributed by atoms with E-state index >= 15 is 0 Å². The number of aliphatic hydroxyl groups excluding tert-OH is 1. The predicted molar refractivity (Wildman–Crippen MR) is 62.0 cm³/mol. The fourth-order valence-corrected chi connectivity index (χ4v) is 2.41. The second-order valence-corrected chi connectivity index (χ2v) is 4.32. The Hall–Kier alpha value is -0.120. The van der Waals surface area contributed by atoms with Gasteiger partial charge in [-0.3, -0.25) is 4.90 Å². The van der Waals surface area contributed by atoms with Crippen LogP contribution in [-0.4, -0.2) is 48.5 Å². The van der Waals surface area contributed by atoms with Crippen LogP contribution < -0.4 is 0 Å². The summed E-state index contributed by atoms with van der Waals surface area (Å²) in [5, 5.41) is 9.07. The molecule has 1 N–H and O–H groups in total. The van der Waals surface area contributed by atoms with Crippen molar-refractivity contribution in [2.24, 2.45) is 0 Å². The van der Waals surface area contributed by atoms with Gasteiger partial charge in [0.15, 0.2) is 0 Å². The van der Waals surface area contributed by atoms with Gasteiger partial charge < -0.3 is 9.84 Å². The van der Waals surface area contributed by atoms with Crippen LogP contribution in [0.2, 0.25) is 0 Å². The standard InChI is InChI=1S/C12H25NO2/c1-3-11(4-2)13(7-8-14)10-12-6-5-9-15-12/h11-12,14H,3-10H2,1-2H3. The minimum absolute atomic E-state index is 0.253. The monoisotopic (exact) mass is 215 g/mol. The third kappa shape index (κ3) is 4.09. The molecule has 0 aromatic carbocycles. The molecule has 0 aromatic heterocycles. The average Bonchev–Trinajstić information content (AvgIpc) is 2.72. The normalized spacial score (nSPS) is 21.8. The molecule has 1 aliphatic heterocycles. The van der Waals surface area contributed by atoms with Crippen LogP contribution in [0, 0.1) is 0 Å². The molecular formula is C12H25NO2. The van der Waals surface area contributed by atoms with Crippen LogP contribution in [0.1, 0.15) is 39.5 Å². The summed E-state index contributed by atoms with van der Waals surface area (Å²) in [7, 11) is 0. The van der Waals surface area contributed by atoms with Gasteiger partial charge in [-0.05, 0) is 25.7 Å². The van der Waals surface area contributed by atoms with Crippen molar-refractivity contribution in [2.75, 3.05) is 26.3 Å². The fraction of sp³-hybridized carbons (Fsp3) is 1.00. The third-order valence-corrected chi connectivity index (χ3v) is 3.31. The molecule has 1 atom stereocenters. The Morgan fingerprint density at radius 2 is 2.13 bits per heavy atom. The highest BCUT2D eigenvalue weighted by atomic mass is 16.5. The van der Waals surface area contributed by atoms with Crippen molar-refractivity contribution in [1.29, 1.82) is 0 Å². The average molecular weight is 215 g/mol. The fourth-order valence-electron chi connectivity index (χ4n) is 2.41. The van der Waals surface area contributed by atoms with Crippen molar-refractivity contribution < 1.29 is 9.84 Å². The lowest BCUT2D eigenvalue weighted by Gasteiger charge is -2.31. The molecule has 15 heavy (non-hydrogen) atoms. The Bertz CT molecular complexity index is 154. The Balaban J connectivity index is 2.40. The van der Waals surface area contributed by atoms with E-state index in [-0.39, 0.29) is 6.61 Å². The minimum Gasteiger partial charge on any atom is -0.395 e. The first-order valence-electron chi connectivity index (χ1n) is 6.28. The van der Waals surface area contributed by atoms with Crippen LogP contribution in [0.3, 0.4) is 0 Å². The van der Waals surface area contributed by atoms with Gasteiger partial charge in [-0.1, -0.05) is 13.8 Å².